The molecule has 0 unspecified atom stereocenters. The first-order valence-electron chi connectivity index (χ1n) is 7.30. The molecule has 0 spiro atoms. The second-order valence-electron chi connectivity index (χ2n) is 5.33. The van der Waals surface area contributed by atoms with Gasteiger partial charge < -0.3 is 15.4 Å². The van der Waals surface area contributed by atoms with Crippen molar-refractivity contribution in [2.24, 2.45) is 0 Å². The molecular weight excluding hydrogens is 260 g/mol. The molecule has 112 valence electrons. The fourth-order valence-corrected chi connectivity index (χ4v) is 2.63. The lowest BCUT2D eigenvalue weighted by Crippen LogP contribution is -2.15. The molecule has 0 fully saturated rings. The zero-order valence-electron chi connectivity index (χ0n) is 13.3. The molecule has 0 saturated heterocycles. The van der Waals surface area contributed by atoms with Crippen molar-refractivity contribution in [2.75, 3.05) is 30.8 Å². The van der Waals surface area contributed by atoms with E-state index in [-0.39, 0.29) is 0 Å². The molecule has 0 aromatic heterocycles. The number of hydrogen-bond donors (Lipinski definition) is 2. The number of aryl methyl sites for hydroxylation is 3. The SMILES string of the molecule is COc1ccccc1NCCNc1c(C)cc(C)cc1C. The van der Waals surface area contributed by atoms with Crippen LogP contribution in [0.3, 0.4) is 0 Å². The molecule has 0 bridgehead atoms. The Morgan fingerprint density at radius 3 is 2.19 bits per heavy atom. The van der Waals surface area contributed by atoms with E-state index in [0.717, 1.165) is 24.5 Å². The Kier molecular flexibility index (Phi) is 5.09. The van der Waals surface area contributed by atoms with Crippen molar-refractivity contribution in [3.05, 3.63) is 53.1 Å². The molecule has 2 aromatic carbocycles. The van der Waals surface area contributed by atoms with Gasteiger partial charge in [0.15, 0.2) is 0 Å². The maximum absolute atomic E-state index is 5.33. The molecule has 0 radical (unpaired) electrons. The third kappa shape index (κ3) is 3.91. The molecule has 0 heterocycles. The normalized spacial score (nSPS) is 10.3. The van der Waals surface area contributed by atoms with Crippen molar-refractivity contribution in [3.63, 3.8) is 0 Å². The monoisotopic (exact) mass is 284 g/mol. The first-order valence-corrected chi connectivity index (χ1v) is 7.30. The smallest absolute Gasteiger partial charge is 0.141 e. The van der Waals surface area contributed by atoms with Crippen LogP contribution in [0.2, 0.25) is 0 Å². The first kappa shape index (κ1) is 15.2. The third-order valence-electron chi connectivity index (χ3n) is 3.53. The Morgan fingerprint density at radius 2 is 1.52 bits per heavy atom. The van der Waals surface area contributed by atoms with Crippen molar-refractivity contribution in [1.29, 1.82) is 0 Å². The van der Waals surface area contributed by atoms with Gasteiger partial charge in [0.1, 0.15) is 5.75 Å². The second-order valence-corrected chi connectivity index (χ2v) is 5.33. The Bertz CT molecular complexity index is 585. The Morgan fingerprint density at radius 1 is 0.905 bits per heavy atom. The Hall–Kier alpha value is -2.16. The van der Waals surface area contributed by atoms with Crippen molar-refractivity contribution >= 4 is 11.4 Å². The summed E-state index contributed by atoms with van der Waals surface area (Å²) in [4.78, 5) is 0. The molecule has 0 saturated carbocycles. The van der Waals surface area contributed by atoms with Gasteiger partial charge >= 0.3 is 0 Å². The van der Waals surface area contributed by atoms with Crippen LogP contribution in [0.15, 0.2) is 36.4 Å². The number of para-hydroxylation sites is 2. The molecule has 0 aliphatic rings. The molecule has 21 heavy (non-hydrogen) atoms. The third-order valence-corrected chi connectivity index (χ3v) is 3.53. The summed E-state index contributed by atoms with van der Waals surface area (Å²) < 4.78 is 5.33. The van der Waals surface area contributed by atoms with Gasteiger partial charge in [0, 0.05) is 18.8 Å². The maximum atomic E-state index is 5.33. The number of methoxy groups -OCH3 is 1. The maximum Gasteiger partial charge on any atom is 0.141 e. The van der Waals surface area contributed by atoms with Crippen LogP contribution >= 0.6 is 0 Å². The molecule has 0 amide bonds. The average molecular weight is 284 g/mol. The summed E-state index contributed by atoms with van der Waals surface area (Å²) in [6, 6.07) is 12.4. The van der Waals surface area contributed by atoms with Gasteiger partial charge in [-0.05, 0) is 44.0 Å². The number of hydrogen-bond acceptors (Lipinski definition) is 3. The van der Waals surface area contributed by atoms with Crippen LogP contribution in [-0.2, 0) is 0 Å². The van der Waals surface area contributed by atoms with Gasteiger partial charge in [0.25, 0.3) is 0 Å². The van der Waals surface area contributed by atoms with Crippen molar-refractivity contribution in [1.82, 2.24) is 0 Å². The summed E-state index contributed by atoms with van der Waals surface area (Å²) in [5.41, 5.74) is 6.17. The van der Waals surface area contributed by atoms with E-state index in [1.54, 1.807) is 7.11 Å². The lowest BCUT2D eigenvalue weighted by Gasteiger charge is -2.15. The van der Waals surface area contributed by atoms with Crippen LogP contribution in [-0.4, -0.2) is 20.2 Å². The largest absolute Gasteiger partial charge is 0.495 e. The van der Waals surface area contributed by atoms with E-state index in [9.17, 15) is 0 Å². The minimum Gasteiger partial charge on any atom is -0.495 e. The standard InChI is InChI=1S/C18H24N2O/c1-13-11-14(2)18(15(3)12-13)20-10-9-19-16-7-5-6-8-17(16)21-4/h5-8,11-12,19-20H,9-10H2,1-4H3. The highest BCUT2D eigenvalue weighted by molar-refractivity contribution is 5.59. The van der Waals surface area contributed by atoms with E-state index >= 15 is 0 Å². The summed E-state index contributed by atoms with van der Waals surface area (Å²) in [5, 5.41) is 6.91. The summed E-state index contributed by atoms with van der Waals surface area (Å²) in [6.45, 7) is 8.13. The van der Waals surface area contributed by atoms with Crippen LogP contribution < -0.4 is 15.4 Å². The van der Waals surface area contributed by atoms with Gasteiger partial charge in [0.2, 0.25) is 0 Å². The zero-order chi connectivity index (χ0) is 15.2. The van der Waals surface area contributed by atoms with Gasteiger partial charge in [-0.15, -0.1) is 0 Å². The van der Waals surface area contributed by atoms with Crippen LogP contribution in [0.25, 0.3) is 0 Å². The number of ether oxygens (including phenoxy) is 1. The van der Waals surface area contributed by atoms with Gasteiger partial charge in [-0.2, -0.15) is 0 Å². The number of rotatable bonds is 6. The molecule has 2 aromatic rings. The average Bonchev–Trinajstić information content (AvgIpc) is 2.45. The predicted octanol–water partition coefficient (Wildman–Crippen LogP) is 4.14. The molecule has 0 aliphatic carbocycles. The fourth-order valence-electron chi connectivity index (χ4n) is 2.63. The summed E-state index contributed by atoms with van der Waals surface area (Å²) in [7, 11) is 1.69. The lowest BCUT2D eigenvalue weighted by atomic mass is 10.1. The summed E-state index contributed by atoms with van der Waals surface area (Å²) in [6.07, 6.45) is 0. The molecule has 3 heteroatoms. The van der Waals surface area contributed by atoms with E-state index in [1.165, 1.54) is 22.4 Å². The van der Waals surface area contributed by atoms with Crippen LogP contribution in [0.4, 0.5) is 11.4 Å². The van der Waals surface area contributed by atoms with Crippen molar-refractivity contribution in [3.8, 4) is 5.75 Å². The second kappa shape index (κ2) is 7.02. The highest BCUT2D eigenvalue weighted by atomic mass is 16.5. The Balaban J connectivity index is 1.91. The van der Waals surface area contributed by atoms with E-state index in [4.69, 9.17) is 4.74 Å². The van der Waals surface area contributed by atoms with Gasteiger partial charge in [-0.25, -0.2) is 0 Å². The minimum absolute atomic E-state index is 0.840. The van der Waals surface area contributed by atoms with E-state index < -0.39 is 0 Å². The first-order chi connectivity index (χ1) is 10.1. The number of benzene rings is 2. The van der Waals surface area contributed by atoms with Gasteiger partial charge in [-0.3, -0.25) is 0 Å². The predicted molar refractivity (Wildman–Crippen MR) is 90.6 cm³/mol. The molecule has 0 aliphatic heterocycles. The topological polar surface area (TPSA) is 33.3 Å². The van der Waals surface area contributed by atoms with Crippen molar-refractivity contribution < 1.29 is 4.74 Å². The summed E-state index contributed by atoms with van der Waals surface area (Å²) >= 11 is 0. The minimum atomic E-state index is 0.840. The molecule has 0 atom stereocenters. The quantitative estimate of drug-likeness (QED) is 0.782. The van der Waals surface area contributed by atoms with Gasteiger partial charge in [0.05, 0.1) is 12.8 Å². The Labute approximate surface area is 127 Å². The van der Waals surface area contributed by atoms with Crippen molar-refractivity contribution in [2.45, 2.75) is 20.8 Å². The highest BCUT2D eigenvalue weighted by Gasteiger charge is 2.03. The van der Waals surface area contributed by atoms with Crippen LogP contribution in [0, 0.1) is 20.8 Å². The highest BCUT2D eigenvalue weighted by Crippen LogP contribution is 2.23. The summed E-state index contributed by atoms with van der Waals surface area (Å²) in [5.74, 6) is 0.875. The lowest BCUT2D eigenvalue weighted by molar-refractivity contribution is 0.416. The van der Waals surface area contributed by atoms with Crippen LogP contribution in [0.1, 0.15) is 16.7 Å². The molecule has 2 rings (SSSR count). The fraction of sp³-hybridized carbons (Fsp3) is 0.333. The zero-order valence-corrected chi connectivity index (χ0v) is 13.3. The molecule has 2 N–H and O–H groups in total. The van der Waals surface area contributed by atoms with E-state index in [1.807, 2.05) is 24.3 Å². The molecule has 3 nitrogen and oxygen atoms in total. The van der Waals surface area contributed by atoms with Crippen LogP contribution in [0.5, 0.6) is 5.75 Å². The van der Waals surface area contributed by atoms with E-state index in [0.29, 0.717) is 0 Å². The van der Waals surface area contributed by atoms with E-state index in [2.05, 4.69) is 43.5 Å². The number of anilines is 2. The number of nitrogens with one attached hydrogen (secondary N) is 2. The van der Waals surface area contributed by atoms with Gasteiger partial charge in [-0.1, -0.05) is 29.8 Å². The molecular formula is C18H24N2O.